The first-order valence-electron chi connectivity index (χ1n) is 9.59. The normalized spacial score (nSPS) is 10.8. The zero-order valence-corrected chi connectivity index (χ0v) is 17.4. The summed E-state index contributed by atoms with van der Waals surface area (Å²) in [7, 11) is 3.20. The molecule has 2 aromatic carbocycles. The van der Waals surface area contributed by atoms with Crippen molar-refractivity contribution in [3.63, 3.8) is 0 Å². The van der Waals surface area contributed by atoms with E-state index in [1.807, 2.05) is 79.0 Å². The van der Waals surface area contributed by atoms with Gasteiger partial charge in [-0.15, -0.1) is 0 Å². The van der Waals surface area contributed by atoms with Crippen molar-refractivity contribution in [3.8, 4) is 22.8 Å². The summed E-state index contributed by atoms with van der Waals surface area (Å²) in [6.07, 6.45) is 2.75. The standard InChI is InChI=1S/C24H23N3O3/c1-16-8-7-9-17(2)23(16)27(15-28)24-22(25-21-10-5-6-13-26(21)24)18-11-12-19(29-3)20(14-18)30-4/h5-15H,1-4H3. The second kappa shape index (κ2) is 7.91. The molecule has 0 fully saturated rings. The van der Waals surface area contributed by atoms with Gasteiger partial charge in [-0.2, -0.15) is 0 Å². The number of amides is 1. The Morgan fingerprint density at radius 1 is 0.933 bits per heavy atom. The molecule has 0 bridgehead atoms. The minimum absolute atomic E-state index is 0.600. The highest BCUT2D eigenvalue weighted by molar-refractivity contribution is 5.94. The number of para-hydroxylation sites is 1. The van der Waals surface area contributed by atoms with E-state index in [2.05, 4.69) is 0 Å². The van der Waals surface area contributed by atoms with E-state index in [9.17, 15) is 4.79 Å². The van der Waals surface area contributed by atoms with Crippen molar-refractivity contribution in [2.75, 3.05) is 19.1 Å². The number of fused-ring (bicyclic) bond motifs is 1. The van der Waals surface area contributed by atoms with Crippen LogP contribution in [0.1, 0.15) is 11.1 Å². The molecule has 0 N–H and O–H groups in total. The number of aryl methyl sites for hydroxylation is 2. The molecule has 30 heavy (non-hydrogen) atoms. The third kappa shape index (κ3) is 3.16. The van der Waals surface area contributed by atoms with Crippen LogP contribution < -0.4 is 14.4 Å². The van der Waals surface area contributed by atoms with Crippen molar-refractivity contribution in [1.29, 1.82) is 0 Å². The highest BCUT2D eigenvalue weighted by atomic mass is 16.5. The molecular formula is C24H23N3O3. The zero-order chi connectivity index (χ0) is 21.3. The van der Waals surface area contributed by atoms with Gasteiger partial charge in [-0.3, -0.25) is 14.1 Å². The lowest BCUT2D eigenvalue weighted by Crippen LogP contribution is -2.19. The lowest BCUT2D eigenvalue weighted by atomic mass is 10.1. The molecule has 0 saturated heterocycles. The Bertz CT molecular complexity index is 1210. The van der Waals surface area contributed by atoms with Gasteiger partial charge in [0.05, 0.1) is 19.9 Å². The van der Waals surface area contributed by atoms with Gasteiger partial charge in [-0.1, -0.05) is 24.3 Å². The molecule has 0 aliphatic rings. The second-order valence-electron chi connectivity index (χ2n) is 7.00. The highest BCUT2D eigenvalue weighted by Gasteiger charge is 2.24. The van der Waals surface area contributed by atoms with Crippen molar-refractivity contribution in [2.24, 2.45) is 0 Å². The van der Waals surface area contributed by atoms with Gasteiger partial charge in [0.2, 0.25) is 6.41 Å². The number of hydrogen-bond donors (Lipinski definition) is 0. The summed E-state index contributed by atoms with van der Waals surface area (Å²) in [6.45, 7) is 4.00. The molecule has 4 aromatic rings. The van der Waals surface area contributed by atoms with Crippen LogP contribution in [0.15, 0.2) is 60.8 Å². The topological polar surface area (TPSA) is 56.1 Å². The molecule has 6 nitrogen and oxygen atoms in total. The molecule has 0 aliphatic carbocycles. The molecular weight excluding hydrogens is 378 g/mol. The van der Waals surface area contributed by atoms with Crippen LogP contribution in [0, 0.1) is 13.8 Å². The number of carbonyl (C=O) groups is 1. The fourth-order valence-electron chi connectivity index (χ4n) is 3.78. The third-order valence-electron chi connectivity index (χ3n) is 5.18. The molecule has 4 rings (SSSR count). The maximum atomic E-state index is 12.4. The van der Waals surface area contributed by atoms with Crippen LogP contribution in [0.5, 0.6) is 11.5 Å². The molecule has 0 unspecified atom stereocenters. The summed E-state index contributed by atoms with van der Waals surface area (Å²) in [5, 5.41) is 0. The second-order valence-corrected chi connectivity index (χ2v) is 7.00. The predicted octanol–water partition coefficient (Wildman–Crippen LogP) is 4.93. The number of rotatable bonds is 6. The zero-order valence-electron chi connectivity index (χ0n) is 17.4. The molecule has 0 saturated carbocycles. The number of benzene rings is 2. The number of imidazole rings is 1. The molecule has 6 heteroatoms. The van der Waals surface area contributed by atoms with Gasteiger partial charge >= 0.3 is 0 Å². The van der Waals surface area contributed by atoms with Gasteiger partial charge in [0.25, 0.3) is 0 Å². The van der Waals surface area contributed by atoms with Crippen LogP contribution in [-0.2, 0) is 4.79 Å². The molecule has 0 atom stereocenters. The van der Waals surface area contributed by atoms with Gasteiger partial charge in [-0.05, 0) is 55.3 Å². The van der Waals surface area contributed by atoms with Gasteiger partial charge < -0.3 is 9.47 Å². The van der Waals surface area contributed by atoms with Crippen molar-refractivity contribution >= 4 is 23.6 Å². The summed E-state index contributed by atoms with van der Waals surface area (Å²) >= 11 is 0. The molecule has 2 heterocycles. The number of aromatic nitrogens is 2. The summed E-state index contributed by atoms with van der Waals surface area (Å²) in [5.74, 6) is 1.90. The van der Waals surface area contributed by atoms with E-state index in [0.717, 1.165) is 34.4 Å². The Morgan fingerprint density at radius 3 is 2.33 bits per heavy atom. The largest absolute Gasteiger partial charge is 0.493 e. The number of carbonyl (C=O) groups excluding carboxylic acids is 1. The SMILES string of the molecule is COc1ccc(-c2nc3ccccn3c2N(C=O)c2c(C)cccc2C)cc1OC. The minimum atomic E-state index is 0.600. The number of hydrogen-bond acceptors (Lipinski definition) is 4. The Morgan fingerprint density at radius 2 is 1.67 bits per heavy atom. The quantitative estimate of drug-likeness (QED) is 0.430. The fourth-order valence-corrected chi connectivity index (χ4v) is 3.78. The fraction of sp³-hybridized carbons (Fsp3) is 0.167. The maximum absolute atomic E-state index is 12.4. The number of ether oxygens (including phenoxy) is 2. The molecule has 1 amide bonds. The van der Waals surface area contributed by atoms with Crippen LogP contribution in [-0.4, -0.2) is 30.0 Å². The molecule has 0 spiro atoms. The van der Waals surface area contributed by atoms with Crippen LogP contribution in [0.25, 0.3) is 16.9 Å². The van der Waals surface area contributed by atoms with Gasteiger partial charge in [0.1, 0.15) is 11.3 Å². The van der Waals surface area contributed by atoms with E-state index in [0.29, 0.717) is 23.0 Å². The highest BCUT2D eigenvalue weighted by Crippen LogP contribution is 2.40. The van der Waals surface area contributed by atoms with Crippen LogP contribution >= 0.6 is 0 Å². The summed E-state index contributed by atoms with van der Waals surface area (Å²) in [4.78, 5) is 18.9. The van der Waals surface area contributed by atoms with E-state index < -0.39 is 0 Å². The first-order chi connectivity index (χ1) is 14.6. The van der Waals surface area contributed by atoms with Crippen molar-refractivity contribution in [3.05, 3.63) is 71.9 Å². The number of methoxy groups -OCH3 is 2. The first kappa shape index (κ1) is 19.5. The Balaban J connectivity index is 2.01. The Labute approximate surface area is 175 Å². The third-order valence-corrected chi connectivity index (χ3v) is 5.18. The van der Waals surface area contributed by atoms with Crippen molar-refractivity contribution in [1.82, 2.24) is 9.38 Å². The van der Waals surface area contributed by atoms with Crippen molar-refractivity contribution < 1.29 is 14.3 Å². The van der Waals surface area contributed by atoms with Crippen molar-refractivity contribution in [2.45, 2.75) is 13.8 Å². The van der Waals surface area contributed by atoms with E-state index in [1.165, 1.54) is 0 Å². The van der Waals surface area contributed by atoms with E-state index >= 15 is 0 Å². The molecule has 152 valence electrons. The van der Waals surface area contributed by atoms with Crippen LogP contribution in [0.2, 0.25) is 0 Å². The molecule has 0 radical (unpaired) electrons. The molecule has 2 aromatic heterocycles. The number of nitrogens with zero attached hydrogens (tertiary/aromatic N) is 3. The average molecular weight is 401 g/mol. The maximum Gasteiger partial charge on any atom is 0.219 e. The number of anilines is 2. The molecule has 0 aliphatic heterocycles. The van der Waals surface area contributed by atoms with Gasteiger partial charge in [-0.25, -0.2) is 4.98 Å². The van der Waals surface area contributed by atoms with Gasteiger partial charge in [0, 0.05) is 11.8 Å². The smallest absolute Gasteiger partial charge is 0.219 e. The van der Waals surface area contributed by atoms with E-state index in [1.54, 1.807) is 19.1 Å². The lowest BCUT2D eigenvalue weighted by molar-refractivity contribution is -0.106. The Hall–Kier alpha value is -3.80. The predicted molar refractivity (Wildman–Crippen MR) is 118 cm³/mol. The Kier molecular flexibility index (Phi) is 5.14. The summed E-state index contributed by atoms with van der Waals surface area (Å²) in [5.41, 5.74) is 5.11. The van der Waals surface area contributed by atoms with E-state index in [4.69, 9.17) is 14.5 Å². The summed E-state index contributed by atoms with van der Waals surface area (Å²) in [6, 6.07) is 17.4. The monoisotopic (exact) mass is 401 g/mol. The average Bonchev–Trinajstić information content (AvgIpc) is 3.15. The number of pyridine rings is 1. The van der Waals surface area contributed by atoms with Crippen LogP contribution in [0.3, 0.4) is 0 Å². The van der Waals surface area contributed by atoms with Gasteiger partial charge in [0.15, 0.2) is 17.3 Å². The minimum Gasteiger partial charge on any atom is -0.493 e. The lowest BCUT2D eigenvalue weighted by Gasteiger charge is -2.23. The first-order valence-corrected chi connectivity index (χ1v) is 9.59. The van der Waals surface area contributed by atoms with E-state index in [-0.39, 0.29) is 0 Å². The van der Waals surface area contributed by atoms with Crippen LogP contribution in [0.4, 0.5) is 11.5 Å². The summed E-state index contributed by atoms with van der Waals surface area (Å²) < 4.78 is 12.8.